The molecule has 1 saturated heterocycles. The monoisotopic (exact) mass is 456 g/mol. The van der Waals surface area contributed by atoms with Crippen molar-refractivity contribution >= 4 is 11.8 Å². The molecule has 0 aromatic rings. The van der Waals surface area contributed by atoms with Gasteiger partial charge in [0.1, 0.15) is 0 Å². The van der Waals surface area contributed by atoms with Crippen molar-refractivity contribution in [3.8, 4) is 0 Å². The van der Waals surface area contributed by atoms with E-state index in [1.807, 2.05) is 41.7 Å². The minimum Gasteiger partial charge on any atom is -0.356 e. The molecule has 6 nitrogen and oxygen atoms in total. The van der Waals surface area contributed by atoms with Crippen LogP contribution >= 0.6 is 0 Å². The molecular weight excluding hydrogens is 400 g/mol. The first-order valence-corrected chi connectivity index (χ1v) is 13.2. The number of carbonyl (C=O) groups is 2. The van der Waals surface area contributed by atoms with Gasteiger partial charge in [-0.05, 0) is 58.2 Å². The Morgan fingerprint density at radius 1 is 1.03 bits per heavy atom. The molecule has 1 aliphatic carbocycles. The van der Waals surface area contributed by atoms with E-state index in [0.717, 1.165) is 39.1 Å². The fraction of sp³-hybridized carbons (Fsp3) is 0.923. The molecule has 1 heterocycles. The van der Waals surface area contributed by atoms with E-state index in [-0.39, 0.29) is 17.7 Å². The van der Waals surface area contributed by atoms with E-state index in [2.05, 4.69) is 35.1 Å². The minimum absolute atomic E-state index is 0.0988. The van der Waals surface area contributed by atoms with Crippen molar-refractivity contribution in [1.82, 2.24) is 21.3 Å². The third kappa shape index (κ3) is 16.5. The number of amides is 2. The van der Waals surface area contributed by atoms with Gasteiger partial charge in [-0.25, -0.2) is 0 Å². The summed E-state index contributed by atoms with van der Waals surface area (Å²) in [4.78, 5) is 22.6. The average Bonchev–Trinajstić information content (AvgIpc) is 2.77. The van der Waals surface area contributed by atoms with Gasteiger partial charge in [0.05, 0.1) is 0 Å². The predicted octanol–water partition coefficient (Wildman–Crippen LogP) is 4.49. The van der Waals surface area contributed by atoms with Crippen molar-refractivity contribution in [2.45, 2.75) is 99.8 Å². The van der Waals surface area contributed by atoms with Crippen LogP contribution in [0.5, 0.6) is 0 Å². The van der Waals surface area contributed by atoms with Crippen LogP contribution < -0.4 is 21.3 Å². The van der Waals surface area contributed by atoms with E-state index < -0.39 is 0 Å². The molecule has 1 atom stereocenters. The molecule has 0 aromatic heterocycles. The Bertz CT molecular complexity index is 445. The lowest BCUT2D eigenvalue weighted by Crippen LogP contribution is -2.48. The summed E-state index contributed by atoms with van der Waals surface area (Å²) in [6.45, 7) is 19.1. The second-order valence-corrected chi connectivity index (χ2v) is 9.23. The quantitative estimate of drug-likeness (QED) is 0.412. The summed E-state index contributed by atoms with van der Waals surface area (Å²) in [5.41, 5.74) is 0.347. The molecule has 32 heavy (non-hydrogen) atoms. The Morgan fingerprint density at radius 2 is 1.66 bits per heavy atom. The molecule has 0 radical (unpaired) electrons. The van der Waals surface area contributed by atoms with Gasteiger partial charge in [0, 0.05) is 37.4 Å². The molecule has 192 valence electrons. The van der Waals surface area contributed by atoms with Gasteiger partial charge in [-0.1, -0.05) is 61.3 Å². The van der Waals surface area contributed by atoms with Crippen molar-refractivity contribution < 1.29 is 9.59 Å². The van der Waals surface area contributed by atoms with E-state index in [1.54, 1.807) is 0 Å². The molecule has 0 spiro atoms. The largest absolute Gasteiger partial charge is 0.356 e. The van der Waals surface area contributed by atoms with Gasteiger partial charge < -0.3 is 21.3 Å². The first-order valence-electron chi connectivity index (χ1n) is 13.2. The van der Waals surface area contributed by atoms with Crippen LogP contribution in [0.3, 0.4) is 0 Å². The Balaban J connectivity index is 0. The molecule has 1 saturated carbocycles. The number of hydrogen-bond acceptors (Lipinski definition) is 4. The smallest absolute Gasteiger partial charge is 0.222 e. The van der Waals surface area contributed by atoms with Crippen molar-refractivity contribution in [1.29, 1.82) is 0 Å². The summed E-state index contributed by atoms with van der Waals surface area (Å²) in [6.07, 6.45) is 9.14. The van der Waals surface area contributed by atoms with Gasteiger partial charge in [-0.15, -0.1) is 0 Å². The Morgan fingerprint density at radius 3 is 2.06 bits per heavy atom. The Labute approximate surface area is 199 Å². The van der Waals surface area contributed by atoms with Crippen LogP contribution in [0.4, 0.5) is 0 Å². The Kier molecular flexibility index (Phi) is 22.4. The topological polar surface area (TPSA) is 82.3 Å². The van der Waals surface area contributed by atoms with Crippen molar-refractivity contribution in [2.24, 2.45) is 17.3 Å². The van der Waals surface area contributed by atoms with E-state index in [4.69, 9.17) is 0 Å². The van der Waals surface area contributed by atoms with Gasteiger partial charge in [0.15, 0.2) is 0 Å². The lowest BCUT2D eigenvalue weighted by molar-refractivity contribution is -0.125. The molecule has 2 amide bonds. The van der Waals surface area contributed by atoms with Gasteiger partial charge in [-0.3, -0.25) is 9.59 Å². The first-order chi connectivity index (χ1) is 15.3. The van der Waals surface area contributed by atoms with Crippen molar-refractivity contribution in [3.63, 3.8) is 0 Å². The minimum atomic E-state index is 0.0988. The van der Waals surface area contributed by atoms with Crippen molar-refractivity contribution in [3.05, 3.63) is 0 Å². The maximum Gasteiger partial charge on any atom is 0.222 e. The molecule has 0 bridgehead atoms. The van der Waals surface area contributed by atoms with Crippen molar-refractivity contribution in [2.75, 3.05) is 39.8 Å². The maximum absolute atomic E-state index is 11.4. The number of carbonyl (C=O) groups excluding carboxylic acids is 2. The van der Waals surface area contributed by atoms with Gasteiger partial charge >= 0.3 is 0 Å². The number of nitrogens with one attached hydrogen (secondary N) is 4. The molecule has 2 fully saturated rings. The van der Waals surface area contributed by atoms with Crippen LogP contribution in [0, 0.1) is 17.3 Å². The van der Waals surface area contributed by atoms with Crippen LogP contribution in [-0.2, 0) is 9.59 Å². The van der Waals surface area contributed by atoms with Crippen LogP contribution in [0.1, 0.15) is 99.8 Å². The van der Waals surface area contributed by atoms with Gasteiger partial charge in [-0.2, -0.15) is 0 Å². The number of rotatable bonds is 9. The van der Waals surface area contributed by atoms with Crippen LogP contribution in [0.25, 0.3) is 0 Å². The standard InChI is InChI=1S/C11H22N2O.C10H20N2O.C3H8.C2H6/c1-9(2)10(14)13-8-11(7-12-3)5-4-6-11;1-2-4-10(13)12-8-9-5-3-6-11-7-9;1-3-2;1-2/h9,12H,4-8H2,1-3H3,(H,13,14);9,11H,2-8H2,1H3,(H,12,13);3H2,1-2H3;1-2H3. The molecule has 2 aliphatic rings. The zero-order chi connectivity index (χ0) is 24.8. The summed E-state index contributed by atoms with van der Waals surface area (Å²) in [5.74, 6) is 1.12. The van der Waals surface area contributed by atoms with Crippen LogP contribution in [0.2, 0.25) is 0 Å². The highest BCUT2D eigenvalue weighted by molar-refractivity contribution is 5.77. The zero-order valence-corrected chi connectivity index (χ0v) is 22.7. The third-order valence-corrected chi connectivity index (χ3v) is 5.59. The molecule has 1 aliphatic heterocycles. The number of piperidine rings is 1. The highest BCUT2D eigenvalue weighted by Crippen LogP contribution is 2.39. The van der Waals surface area contributed by atoms with E-state index in [9.17, 15) is 9.59 Å². The predicted molar refractivity (Wildman–Crippen MR) is 139 cm³/mol. The molecule has 4 N–H and O–H groups in total. The number of hydrogen-bond donors (Lipinski definition) is 4. The lowest BCUT2D eigenvalue weighted by Gasteiger charge is -2.42. The SMILES string of the molecule is CC.CCC.CCCC(=O)NCC1CCCNC1.CNCC1(CNC(=O)C(C)C)CCC1. The molecule has 6 heteroatoms. The van der Waals surface area contributed by atoms with Gasteiger partial charge in [0.25, 0.3) is 0 Å². The fourth-order valence-corrected chi connectivity index (χ4v) is 3.62. The second kappa shape index (κ2) is 21.7. The molecule has 2 rings (SSSR count). The van der Waals surface area contributed by atoms with E-state index in [1.165, 1.54) is 38.5 Å². The normalized spacial score (nSPS) is 18.3. The molecular formula is C26H56N4O2. The second-order valence-electron chi connectivity index (χ2n) is 9.23. The first kappa shape index (κ1) is 33.0. The summed E-state index contributed by atoms with van der Waals surface area (Å²) in [6, 6.07) is 0. The van der Waals surface area contributed by atoms with Gasteiger partial charge in [0.2, 0.25) is 11.8 Å². The highest BCUT2D eigenvalue weighted by Gasteiger charge is 2.36. The summed E-state index contributed by atoms with van der Waals surface area (Å²) in [5, 5.41) is 12.6. The summed E-state index contributed by atoms with van der Waals surface area (Å²) >= 11 is 0. The highest BCUT2D eigenvalue weighted by atomic mass is 16.2. The molecule has 0 aromatic carbocycles. The Hall–Kier alpha value is -1.14. The van der Waals surface area contributed by atoms with Crippen LogP contribution in [-0.4, -0.2) is 51.6 Å². The maximum atomic E-state index is 11.4. The van der Waals surface area contributed by atoms with Crippen LogP contribution in [0.15, 0.2) is 0 Å². The average molecular weight is 457 g/mol. The zero-order valence-electron chi connectivity index (χ0n) is 22.7. The molecule has 1 unspecified atom stereocenters. The van der Waals surface area contributed by atoms with E-state index in [0.29, 0.717) is 17.8 Å². The third-order valence-electron chi connectivity index (χ3n) is 5.59. The van der Waals surface area contributed by atoms with E-state index >= 15 is 0 Å². The summed E-state index contributed by atoms with van der Waals surface area (Å²) < 4.78 is 0. The summed E-state index contributed by atoms with van der Waals surface area (Å²) in [7, 11) is 1.98. The fourth-order valence-electron chi connectivity index (χ4n) is 3.62. The lowest BCUT2D eigenvalue weighted by atomic mass is 9.68.